The smallest absolute Gasteiger partial charge is 0.316 e. The maximum absolute atomic E-state index is 11.3. The Morgan fingerprint density at radius 2 is 1.82 bits per heavy atom. The van der Waals surface area contributed by atoms with Crippen molar-refractivity contribution in [2.24, 2.45) is 0 Å². The number of carboxylic acid groups (broad SMARTS) is 1. The van der Waals surface area contributed by atoms with Crippen LogP contribution in [0, 0.1) is 0 Å². The first-order chi connectivity index (χ1) is 7.81. The molecule has 0 bridgehead atoms. The number of hydrogen-bond donors (Lipinski definition) is 1. The van der Waals surface area contributed by atoms with Gasteiger partial charge in [0.1, 0.15) is 5.60 Å². The lowest BCUT2D eigenvalue weighted by atomic mass is 10.2. The van der Waals surface area contributed by atoms with Gasteiger partial charge in [0.05, 0.1) is 5.75 Å². The number of carbonyl (C=O) groups is 2. The van der Waals surface area contributed by atoms with Gasteiger partial charge in [0, 0.05) is 6.42 Å². The van der Waals surface area contributed by atoms with Gasteiger partial charge >= 0.3 is 11.9 Å². The molecule has 0 rings (SSSR count). The molecule has 4 nitrogen and oxygen atoms in total. The maximum atomic E-state index is 11.3. The number of esters is 1. The minimum atomic E-state index is -0.744. The zero-order valence-corrected chi connectivity index (χ0v) is 11.6. The van der Waals surface area contributed by atoms with Crippen LogP contribution in [0.3, 0.4) is 0 Å². The highest BCUT2D eigenvalue weighted by molar-refractivity contribution is 7.99. The van der Waals surface area contributed by atoms with Crippen molar-refractivity contribution in [3.63, 3.8) is 0 Å². The van der Waals surface area contributed by atoms with Gasteiger partial charge in [0.15, 0.2) is 0 Å². The van der Waals surface area contributed by atoms with Gasteiger partial charge in [-0.1, -0.05) is 6.42 Å². The molecule has 0 radical (unpaired) electrons. The van der Waals surface area contributed by atoms with Crippen LogP contribution in [0.4, 0.5) is 0 Å². The molecule has 0 aliphatic carbocycles. The summed E-state index contributed by atoms with van der Waals surface area (Å²) in [6.07, 6.45) is 2.79. The lowest BCUT2D eigenvalue weighted by Crippen LogP contribution is -2.25. The van der Waals surface area contributed by atoms with Gasteiger partial charge in [-0.15, -0.1) is 0 Å². The number of hydrogen-bond acceptors (Lipinski definition) is 4. The SMILES string of the molecule is CC(C)(C)OC(=O)CSCCCCCC(=O)O. The van der Waals surface area contributed by atoms with E-state index in [9.17, 15) is 9.59 Å². The number of carbonyl (C=O) groups excluding carboxylic acids is 1. The molecule has 0 aromatic rings. The Morgan fingerprint density at radius 3 is 2.35 bits per heavy atom. The standard InChI is InChI=1S/C12H22O4S/c1-12(2,3)16-11(15)9-17-8-6-4-5-7-10(13)14/h4-9H2,1-3H3,(H,13,14). The molecule has 17 heavy (non-hydrogen) atoms. The van der Waals surface area contributed by atoms with Gasteiger partial charge in [-0.25, -0.2) is 0 Å². The first-order valence-electron chi connectivity index (χ1n) is 5.82. The molecule has 0 aromatic heterocycles. The van der Waals surface area contributed by atoms with E-state index in [1.165, 1.54) is 11.8 Å². The molecule has 0 spiro atoms. The Balaban J connectivity index is 3.34. The number of ether oxygens (including phenoxy) is 1. The Labute approximate surface area is 107 Å². The Kier molecular flexibility index (Phi) is 8.04. The summed E-state index contributed by atoms with van der Waals surface area (Å²) < 4.78 is 5.16. The van der Waals surface area contributed by atoms with Crippen LogP contribution in [0.1, 0.15) is 46.5 Å². The first kappa shape index (κ1) is 16.3. The van der Waals surface area contributed by atoms with Gasteiger partial charge in [-0.2, -0.15) is 11.8 Å². The number of aliphatic carboxylic acids is 1. The summed E-state index contributed by atoms with van der Waals surface area (Å²) in [5.41, 5.74) is -0.418. The number of rotatable bonds is 8. The van der Waals surface area contributed by atoms with Gasteiger partial charge in [0.2, 0.25) is 0 Å². The van der Waals surface area contributed by atoms with Crippen molar-refractivity contribution in [2.75, 3.05) is 11.5 Å². The maximum Gasteiger partial charge on any atom is 0.316 e. The average molecular weight is 262 g/mol. The van der Waals surface area contributed by atoms with Crippen molar-refractivity contribution >= 4 is 23.7 Å². The van der Waals surface area contributed by atoms with Crippen LogP contribution < -0.4 is 0 Å². The third-order valence-electron chi connectivity index (χ3n) is 1.82. The molecule has 0 fully saturated rings. The van der Waals surface area contributed by atoms with E-state index in [1.54, 1.807) is 0 Å². The summed E-state index contributed by atoms with van der Waals surface area (Å²) in [6.45, 7) is 5.55. The molecule has 0 saturated heterocycles. The fraction of sp³-hybridized carbons (Fsp3) is 0.833. The molecule has 1 N–H and O–H groups in total. The fourth-order valence-corrected chi connectivity index (χ4v) is 1.96. The second-order valence-electron chi connectivity index (χ2n) is 4.84. The molecule has 100 valence electrons. The second kappa shape index (κ2) is 8.39. The molecule has 0 atom stereocenters. The summed E-state index contributed by atoms with van der Waals surface area (Å²) in [5.74, 6) is 0.314. The monoisotopic (exact) mass is 262 g/mol. The van der Waals surface area contributed by atoms with Crippen LogP contribution in [0.25, 0.3) is 0 Å². The van der Waals surface area contributed by atoms with E-state index in [2.05, 4.69) is 0 Å². The van der Waals surface area contributed by atoms with E-state index in [0.717, 1.165) is 18.6 Å². The fourth-order valence-electron chi connectivity index (χ4n) is 1.18. The van der Waals surface area contributed by atoms with E-state index in [0.29, 0.717) is 12.2 Å². The van der Waals surface area contributed by atoms with Crippen LogP contribution in [0.2, 0.25) is 0 Å². The molecule has 0 unspecified atom stereocenters. The zero-order valence-electron chi connectivity index (χ0n) is 10.8. The van der Waals surface area contributed by atoms with Crippen LogP contribution in [-0.2, 0) is 14.3 Å². The minimum absolute atomic E-state index is 0.187. The summed E-state index contributed by atoms with van der Waals surface area (Å²) in [4.78, 5) is 21.6. The molecule has 0 aliphatic rings. The van der Waals surface area contributed by atoms with Crippen LogP contribution >= 0.6 is 11.8 Å². The van der Waals surface area contributed by atoms with Gasteiger partial charge in [-0.3, -0.25) is 9.59 Å². The summed E-state index contributed by atoms with van der Waals surface area (Å²) in [5, 5.41) is 8.43. The normalized spacial score (nSPS) is 11.2. The van der Waals surface area contributed by atoms with E-state index in [4.69, 9.17) is 9.84 Å². The highest BCUT2D eigenvalue weighted by Gasteiger charge is 2.15. The second-order valence-corrected chi connectivity index (χ2v) is 5.95. The van der Waals surface area contributed by atoms with Crippen LogP contribution in [0.5, 0.6) is 0 Å². The number of unbranched alkanes of at least 4 members (excludes halogenated alkanes) is 2. The third-order valence-corrected chi connectivity index (χ3v) is 2.84. The van der Waals surface area contributed by atoms with E-state index in [-0.39, 0.29) is 12.4 Å². The molecule has 0 amide bonds. The predicted molar refractivity (Wildman–Crippen MR) is 69.3 cm³/mol. The van der Waals surface area contributed by atoms with Crippen molar-refractivity contribution in [1.82, 2.24) is 0 Å². The highest BCUT2D eigenvalue weighted by Crippen LogP contribution is 2.12. The average Bonchev–Trinajstić information content (AvgIpc) is 2.12. The van der Waals surface area contributed by atoms with Crippen LogP contribution in [-0.4, -0.2) is 34.2 Å². The molecule has 0 heterocycles. The van der Waals surface area contributed by atoms with E-state index in [1.807, 2.05) is 20.8 Å². The summed E-state index contributed by atoms with van der Waals surface area (Å²) in [6, 6.07) is 0. The number of thioether (sulfide) groups is 1. The van der Waals surface area contributed by atoms with Crippen molar-refractivity contribution in [1.29, 1.82) is 0 Å². The van der Waals surface area contributed by atoms with E-state index >= 15 is 0 Å². The molecular weight excluding hydrogens is 240 g/mol. The highest BCUT2D eigenvalue weighted by atomic mass is 32.2. The van der Waals surface area contributed by atoms with Crippen molar-refractivity contribution in [3.05, 3.63) is 0 Å². The lowest BCUT2D eigenvalue weighted by molar-refractivity contribution is -0.151. The third kappa shape index (κ3) is 13.2. The first-order valence-corrected chi connectivity index (χ1v) is 6.98. The van der Waals surface area contributed by atoms with Crippen molar-refractivity contribution in [2.45, 2.75) is 52.1 Å². The summed E-state index contributed by atoms with van der Waals surface area (Å²) >= 11 is 1.54. The van der Waals surface area contributed by atoms with E-state index < -0.39 is 11.6 Å². The lowest BCUT2D eigenvalue weighted by Gasteiger charge is -2.19. The molecule has 0 aliphatic heterocycles. The number of carboxylic acids is 1. The molecule has 0 aromatic carbocycles. The quantitative estimate of drug-likeness (QED) is 0.538. The van der Waals surface area contributed by atoms with Crippen molar-refractivity contribution in [3.8, 4) is 0 Å². The Bertz CT molecular complexity index is 245. The predicted octanol–water partition coefficient (Wildman–Crippen LogP) is 2.71. The molecule has 5 heteroatoms. The summed E-state index contributed by atoms with van der Waals surface area (Å²) in [7, 11) is 0. The zero-order chi connectivity index (χ0) is 13.3. The Hall–Kier alpha value is -0.710. The minimum Gasteiger partial charge on any atom is -0.481 e. The topological polar surface area (TPSA) is 63.6 Å². The van der Waals surface area contributed by atoms with Gasteiger partial charge in [0.25, 0.3) is 0 Å². The van der Waals surface area contributed by atoms with Gasteiger partial charge < -0.3 is 9.84 Å². The Morgan fingerprint density at radius 1 is 1.18 bits per heavy atom. The van der Waals surface area contributed by atoms with Gasteiger partial charge in [-0.05, 0) is 39.4 Å². The molecule has 0 saturated carbocycles. The van der Waals surface area contributed by atoms with Crippen molar-refractivity contribution < 1.29 is 19.4 Å². The largest absolute Gasteiger partial charge is 0.481 e. The van der Waals surface area contributed by atoms with Crippen LogP contribution in [0.15, 0.2) is 0 Å². The molecular formula is C12H22O4S.